The minimum absolute atomic E-state index is 0.121. The molecule has 0 aromatic heterocycles. The van der Waals surface area contributed by atoms with Crippen LogP contribution >= 0.6 is 0 Å². The number of amides is 1. The number of benzene rings is 2. The number of nitrogens with zero attached hydrogens (tertiary/aromatic N) is 1. The summed E-state index contributed by atoms with van der Waals surface area (Å²) in [5.41, 5.74) is 4.39. The first-order chi connectivity index (χ1) is 14.3. The van der Waals surface area contributed by atoms with Crippen LogP contribution in [0.5, 0.6) is 0 Å². The molecule has 1 fully saturated rings. The van der Waals surface area contributed by atoms with Gasteiger partial charge in [0.15, 0.2) is 9.84 Å². The fraction of sp³-hybridized carbons (Fsp3) is 0.435. The third kappa shape index (κ3) is 5.40. The number of carbonyl (C=O) groups excluding carboxylic acids is 1. The number of aryl methyl sites for hydroxylation is 1. The highest BCUT2D eigenvalue weighted by atomic mass is 32.2. The van der Waals surface area contributed by atoms with Crippen molar-refractivity contribution < 1.29 is 17.9 Å². The highest BCUT2D eigenvalue weighted by Crippen LogP contribution is 2.32. The second-order valence-corrected chi connectivity index (χ2v) is 10.1. The van der Waals surface area contributed by atoms with Crippen LogP contribution in [-0.4, -0.2) is 45.4 Å². The van der Waals surface area contributed by atoms with Gasteiger partial charge in [0.05, 0.1) is 17.8 Å². The minimum Gasteiger partial charge on any atom is -0.453 e. The molecule has 1 N–H and O–H groups in total. The second kappa shape index (κ2) is 9.62. The standard InChI is InChI=1S/C23H30N2O4S/c1-4-30(27,28)21-9-6-18(7-10-21)16-25-13-11-19(12-14-25)22-15-20(8-5-17(22)2)24-23(26)29-3/h5-10,15,19H,4,11-14,16H2,1-3H3,(H,24,26). The maximum absolute atomic E-state index is 12.0. The first-order valence-electron chi connectivity index (χ1n) is 10.3. The molecule has 1 aliphatic rings. The highest BCUT2D eigenvalue weighted by molar-refractivity contribution is 7.91. The number of anilines is 1. The molecule has 7 heteroatoms. The van der Waals surface area contributed by atoms with E-state index in [1.165, 1.54) is 18.2 Å². The normalized spacial score (nSPS) is 15.7. The maximum atomic E-state index is 12.0. The Kier molecular flexibility index (Phi) is 7.15. The van der Waals surface area contributed by atoms with E-state index < -0.39 is 15.9 Å². The molecule has 1 aliphatic heterocycles. The predicted octanol–water partition coefficient (Wildman–Crippen LogP) is 4.35. The quantitative estimate of drug-likeness (QED) is 0.738. The molecule has 162 valence electrons. The Bertz CT molecular complexity index is 979. The highest BCUT2D eigenvalue weighted by Gasteiger charge is 2.22. The van der Waals surface area contributed by atoms with Crippen molar-refractivity contribution in [1.29, 1.82) is 0 Å². The van der Waals surface area contributed by atoms with Crippen LogP contribution in [0.1, 0.15) is 42.4 Å². The molecular weight excluding hydrogens is 400 g/mol. The van der Waals surface area contributed by atoms with E-state index >= 15 is 0 Å². The van der Waals surface area contributed by atoms with Gasteiger partial charge in [-0.2, -0.15) is 0 Å². The molecule has 1 saturated heterocycles. The van der Waals surface area contributed by atoms with Crippen molar-refractivity contribution in [1.82, 2.24) is 4.90 Å². The molecule has 2 aromatic carbocycles. The van der Waals surface area contributed by atoms with Crippen molar-refractivity contribution in [2.75, 3.05) is 31.3 Å². The fourth-order valence-corrected chi connectivity index (χ4v) is 4.84. The van der Waals surface area contributed by atoms with E-state index in [1.807, 2.05) is 24.3 Å². The molecule has 2 aromatic rings. The molecule has 3 rings (SSSR count). The topological polar surface area (TPSA) is 75.7 Å². The van der Waals surface area contributed by atoms with Gasteiger partial charge in [-0.3, -0.25) is 10.2 Å². The number of hydrogen-bond acceptors (Lipinski definition) is 5. The zero-order valence-corrected chi connectivity index (χ0v) is 18.7. The van der Waals surface area contributed by atoms with E-state index in [1.54, 1.807) is 19.1 Å². The van der Waals surface area contributed by atoms with E-state index in [9.17, 15) is 13.2 Å². The SMILES string of the molecule is CCS(=O)(=O)c1ccc(CN2CCC(c3cc(NC(=O)OC)ccc3C)CC2)cc1. The molecule has 0 spiro atoms. The number of piperidine rings is 1. The third-order valence-electron chi connectivity index (χ3n) is 5.81. The van der Waals surface area contributed by atoms with Gasteiger partial charge in [-0.15, -0.1) is 0 Å². The summed E-state index contributed by atoms with van der Waals surface area (Å²) < 4.78 is 28.6. The largest absolute Gasteiger partial charge is 0.453 e. The average molecular weight is 431 g/mol. The molecule has 30 heavy (non-hydrogen) atoms. The number of nitrogens with one attached hydrogen (secondary N) is 1. The maximum Gasteiger partial charge on any atom is 0.411 e. The Balaban J connectivity index is 1.60. The van der Waals surface area contributed by atoms with Crippen molar-refractivity contribution in [3.63, 3.8) is 0 Å². The van der Waals surface area contributed by atoms with Gasteiger partial charge in [0.1, 0.15) is 0 Å². The third-order valence-corrected chi connectivity index (χ3v) is 7.56. The minimum atomic E-state index is -3.15. The molecule has 0 radical (unpaired) electrons. The van der Waals surface area contributed by atoms with Crippen LogP contribution in [0, 0.1) is 6.92 Å². The van der Waals surface area contributed by atoms with Gasteiger partial charge >= 0.3 is 6.09 Å². The van der Waals surface area contributed by atoms with Crippen LogP contribution in [-0.2, 0) is 21.1 Å². The van der Waals surface area contributed by atoms with Gasteiger partial charge in [0.2, 0.25) is 0 Å². The Hall–Kier alpha value is -2.38. The lowest BCUT2D eigenvalue weighted by Crippen LogP contribution is -2.32. The van der Waals surface area contributed by atoms with Crippen molar-refractivity contribution in [2.24, 2.45) is 0 Å². The average Bonchev–Trinajstić information content (AvgIpc) is 2.76. The molecule has 0 unspecified atom stereocenters. The van der Waals surface area contributed by atoms with E-state index in [2.05, 4.69) is 27.9 Å². The molecule has 1 heterocycles. The van der Waals surface area contributed by atoms with Gasteiger partial charge < -0.3 is 4.74 Å². The number of carbonyl (C=O) groups is 1. The lowest BCUT2D eigenvalue weighted by Gasteiger charge is -2.33. The summed E-state index contributed by atoms with van der Waals surface area (Å²) in [6.45, 7) is 6.55. The van der Waals surface area contributed by atoms with E-state index in [-0.39, 0.29) is 5.75 Å². The monoisotopic (exact) mass is 430 g/mol. The Morgan fingerprint density at radius 3 is 2.40 bits per heavy atom. The number of rotatable bonds is 6. The molecule has 0 atom stereocenters. The van der Waals surface area contributed by atoms with Crippen molar-refractivity contribution in [3.8, 4) is 0 Å². The number of likely N-dealkylation sites (tertiary alicyclic amines) is 1. The summed E-state index contributed by atoms with van der Waals surface area (Å²) in [6, 6.07) is 13.3. The first kappa shape index (κ1) is 22.3. The van der Waals surface area contributed by atoms with Crippen LogP contribution in [0.4, 0.5) is 10.5 Å². The number of methoxy groups -OCH3 is 1. The van der Waals surface area contributed by atoms with Gasteiger partial charge in [0, 0.05) is 12.2 Å². The van der Waals surface area contributed by atoms with Gasteiger partial charge in [-0.1, -0.05) is 25.1 Å². The summed E-state index contributed by atoms with van der Waals surface area (Å²) in [5.74, 6) is 0.577. The molecule has 0 bridgehead atoms. The Morgan fingerprint density at radius 2 is 1.80 bits per heavy atom. The van der Waals surface area contributed by atoms with Gasteiger partial charge in [0.25, 0.3) is 0 Å². The van der Waals surface area contributed by atoms with Crippen molar-refractivity contribution in [2.45, 2.75) is 44.0 Å². The molecule has 1 amide bonds. The van der Waals surface area contributed by atoms with Crippen LogP contribution in [0.25, 0.3) is 0 Å². The van der Waals surface area contributed by atoms with Crippen LogP contribution < -0.4 is 5.32 Å². The van der Waals surface area contributed by atoms with E-state index in [0.717, 1.165) is 43.7 Å². The summed E-state index contributed by atoms with van der Waals surface area (Å²) in [4.78, 5) is 14.3. The zero-order valence-electron chi connectivity index (χ0n) is 17.8. The first-order valence-corrected chi connectivity index (χ1v) is 12.0. The van der Waals surface area contributed by atoms with Crippen LogP contribution in [0.3, 0.4) is 0 Å². The van der Waals surface area contributed by atoms with E-state index in [0.29, 0.717) is 10.8 Å². The number of hydrogen-bond donors (Lipinski definition) is 1. The summed E-state index contributed by atoms with van der Waals surface area (Å²) in [6.07, 6.45) is 1.63. The number of ether oxygens (including phenoxy) is 1. The molecular formula is C23H30N2O4S. The van der Waals surface area contributed by atoms with Crippen molar-refractivity contribution >= 4 is 21.6 Å². The molecule has 0 aliphatic carbocycles. The molecule has 0 saturated carbocycles. The fourth-order valence-electron chi connectivity index (χ4n) is 3.96. The number of sulfone groups is 1. The van der Waals surface area contributed by atoms with Crippen molar-refractivity contribution in [3.05, 3.63) is 59.2 Å². The summed E-state index contributed by atoms with van der Waals surface area (Å²) in [5, 5.41) is 2.74. The molecule has 6 nitrogen and oxygen atoms in total. The summed E-state index contributed by atoms with van der Waals surface area (Å²) in [7, 11) is -1.79. The zero-order chi connectivity index (χ0) is 21.7. The lowest BCUT2D eigenvalue weighted by molar-refractivity contribution is 0.187. The lowest BCUT2D eigenvalue weighted by atomic mass is 9.86. The van der Waals surface area contributed by atoms with Gasteiger partial charge in [-0.25, -0.2) is 13.2 Å². The Morgan fingerprint density at radius 1 is 1.13 bits per heavy atom. The summed E-state index contributed by atoms with van der Waals surface area (Å²) >= 11 is 0. The van der Waals surface area contributed by atoms with E-state index in [4.69, 9.17) is 0 Å². The Labute approximate surface area is 179 Å². The smallest absolute Gasteiger partial charge is 0.411 e. The van der Waals surface area contributed by atoms with Gasteiger partial charge in [-0.05, 0) is 79.7 Å². The van der Waals surface area contributed by atoms with Crippen LogP contribution in [0.15, 0.2) is 47.4 Å². The second-order valence-electron chi connectivity index (χ2n) is 7.79. The predicted molar refractivity (Wildman–Crippen MR) is 119 cm³/mol. The van der Waals surface area contributed by atoms with Crippen LogP contribution in [0.2, 0.25) is 0 Å².